The summed E-state index contributed by atoms with van der Waals surface area (Å²) < 4.78 is 0. The van der Waals surface area contributed by atoms with Crippen LogP contribution in [0.2, 0.25) is 0 Å². The van der Waals surface area contributed by atoms with Crippen LogP contribution in [0, 0.1) is 0 Å². The Morgan fingerprint density at radius 1 is 0.929 bits per heavy atom. The summed E-state index contributed by atoms with van der Waals surface area (Å²) in [5.74, 6) is 0. The zero-order valence-electron chi connectivity index (χ0n) is 10.3. The van der Waals surface area contributed by atoms with E-state index in [1.54, 1.807) is 0 Å². The van der Waals surface area contributed by atoms with Crippen LogP contribution in [0.4, 0.5) is 0 Å². The first-order valence-electron chi connectivity index (χ1n) is 6.03. The third-order valence-corrected chi connectivity index (χ3v) is 3.67. The van der Waals surface area contributed by atoms with E-state index in [9.17, 15) is 0 Å². The maximum absolute atomic E-state index is 2.52. The molecule has 2 heteroatoms. The van der Waals surface area contributed by atoms with Crippen molar-refractivity contribution in [1.29, 1.82) is 0 Å². The molecule has 0 saturated heterocycles. The van der Waals surface area contributed by atoms with Gasteiger partial charge in [0, 0.05) is 12.1 Å². The van der Waals surface area contributed by atoms with E-state index in [4.69, 9.17) is 0 Å². The van der Waals surface area contributed by atoms with Gasteiger partial charge in [-0.2, -0.15) is 0 Å². The van der Waals surface area contributed by atoms with Gasteiger partial charge in [-0.25, -0.2) is 0 Å². The number of hydrogen-bond acceptors (Lipinski definition) is 2. The minimum Gasteiger partial charge on any atom is -0.305 e. The molecule has 0 heterocycles. The average molecular weight is 198 g/mol. The molecule has 1 rings (SSSR count). The SMILES string of the molecule is CCN(C)[C@H]1CCCCCC1N(C)C. The van der Waals surface area contributed by atoms with Gasteiger partial charge in [-0.1, -0.05) is 26.2 Å². The third-order valence-electron chi connectivity index (χ3n) is 3.67. The maximum Gasteiger partial charge on any atom is 0.0248 e. The summed E-state index contributed by atoms with van der Waals surface area (Å²) in [5, 5.41) is 0. The van der Waals surface area contributed by atoms with Crippen molar-refractivity contribution in [2.24, 2.45) is 0 Å². The zero-order valence-corrected chi connectivity index (χ0v) is 10.3. The Bertz CT molecular complexity index is 156. The Labute approximate surface area is 89.3 Å². The fraction of sp³-hybridized carbons (Fsp3) is 1.00. The highest BCUT2D eigenvalue weighted by Gasteiger charge is 2.27. The number of likely N-dealkylation sites (N-methyl/N-ethyl adjacent to an activating group) is 2. The van der Waals surface area contributed by atoms with Crippen molar-refractivity contribution in [3.8, 4) is 0 Å². The minimum atomic E-state index is 0.766. The molecule has 1 saturated carbocycles. The van der Waals surface area contributed by atoms with E-state index >= 15 is 0 Å². The Hall–Kier alpha value is -0.0800. The Kier molecular flexibility index (Phi) is 4.90. The van der Waals surface area contributed by atoms with Gasteiger partial charge < -0.3 is 9.80 Å². The molecule has 0 bridgehead atoms. The Morgan fingerprint density at radius 3 is 2.00 bits per heavy atom. The van der Waals surface area contributed by atoms with Crippen molar-refractivity contribution in [3.05, 3.63) is 0 Å². The monoisotopic (exact) mass is 198 g/mol. The quantitative estimate of drug-likeness (QED) is 0.642. The molecule has 0 spiro atoms. The lowest BCUT2D eigenvalue weighted by Gasteiger charge is -2.36. The van der Waals surface area contributed by atoms with Crippen LogP contribution < -0.4 is 0 Å². The Balaban J connectivity index is 2.63. The van der Waals surface area contributed by atoms with Crippen molar-refractivity contribution in [2.75, 3.05) is 27.7 Å². The van der Waals surface area contributed by atoms with Crippen LogP contribution in [-0.4, -0.2) is 49.6 Å². The highest BCUT2D eigenvalue weighted by molar-refractivity contribution is 4.85. The summed E-state index contributed by atoms with van der Waals surface area (Å²) in [6, 6.07) is 1.54. The largest absolute Gasteiger partial charge is 0.305 e. The molecule has 2 atom stereocenters. The zero-order chi connectivity index (χ0) is 10.6. The second kappa shape index (κ2) is 5.72. The number of nitrogens with zero attached hydrogens (tertiary/aromatic N) is 2. The van der Waals surface area contributed by atoms with E-state index in [2.05, 4.69) is 37.9 Å². The molecule has 1 unspecified atom stereocenters. The highest BCUT2D eigenvalue weighted by atomic mass is 15.2. The molecule has 0 aliphatic heterocycles. The molecule has 0 radical (unpaired) electrons. The topological polar surface area (TPSA) is 6.48 Å². The molecule has 0 aromatic rings. The van der Waals surface area contributed by atoms with Crippen molar-refractivity contribution >= 4 is 0 Å². The molecular weight excluding hydrogens is 172 g/mol. The van der Waals surface area contributed by atoms with Crippen molar-refractivity contribution in [1.82, 2.24) is 9.80 Å². The standard InChI is InChI=1S/C12H26N2/c1-5-14(4)12-10-8-6-7-9-11(12)13(2)3/h11-12H,5-10H2,1-4H3/t11?,12-/m0/s1. The summed E-state index contributed by atoms with van der Waals surface area (Å²) in [4.78, 5) is 4.94. The van der Waals surface area contributed by atoms with Crippen molar-refractivity contribution in [3.63, 3.8) is 0 Å². The van der Waals surface area contributed by atoms with Crippen LogP contribution >= 0.6 is 0 Å². The van der Waals surface area contributed by atoms with Crippen LogP contribution in [0.25, 0.3) is 0 Å². The molecule has 0 aromatic heterocycles. The number of hydrogen-bond donors (Lipinski definition) is 0. The third kappa shape index (κ3) is 2.96. The first-order valence-corrected chi connectivity index (χ1v) is 6.03. The first-order chi connectivity index (χ1) is 6.66. The lowest BCUT2D eigenvalue weighted by molar-refractivity contribution is 0.127. The summed E-state index contributed by atoms with van der Waals surface area (Å²) in [7, 11) is 6.73. The molecule has 2 nitrogen and oxygen atoms in total. The molecule has 14 heavy (non-hydrogen) atoms. The van der Waals surface area contributed by atoms with Crippen LogP contribution in [0.1, 0.15) is 39.0 Å². The highest BCUT2D eigenvalue weighted by Crippen LogP contribution is 2.24. The maximum atomic E-state index is 2.52. The van der Waals surface area contributed by atoms with E-state index in [-0.39, 0.29) is 0 Å². The normalized spacial score (nSPS) is 29.6. The summed E-state index contributed by atoms with van der Waals surface area (Å²) in [6.45, 7) is 3.44. The smallest absolute Gasteiger partial charge is 0.0248 e. The second-order valence-electron chi connectivity index (χ2n) is 4.81. The van der Waals surface area contributed by atoms with Gasteiger partial charge in [0.1, 0.15) is 0 Å². The van der Waals surface area contributed by atoms with Gasteiger partial charge in [-0.15, -0.1) is 0 Å². The van der Waals surface area contributed by atoms with Crippen LogP contribution in [-0.2, 0) is 0 Å². The second-order valence-corrected chi connectivity index (χ2v) is 4.81. The van der Waals surface area contributed by atoms with Gasteiger partial charge in [0.15, 0.2) is 0 Å². The molecule has 0 N–H and O–H groups in total. The van der Waals surface area contributed by atoms with E-state index < -0.39 is 0 Å². The van der Waals surface area contributed by atoms with E-state index in [1.807, 2.05) is 0 Å². The van der Waals surface area contributed by atoms with E-state index in [0.717, 1.165) is 12.1 Å². The number of rotatable bonds is 3. The Morgan fingerprint density at radius 2 is 1.50 bits per heavy atom. The van der Waals surface area contributed by atoms with Crippen molar-refractivity contribution in [2.45, 2.75) is 51.1 Å². The predicted octanol–water partition coefficient (Wildman–Crippen LogP) is 2.20. The molecule has 1 aliphatic rings. The van der Waals surface area contributed by atoms with Gasteiger partial charge in [0.25, 0.3) is 0 Å². The van der Waals surface area contributed by atoms with Crippen molar-refractivity contribution < 1.29 is 0 Å². The van der Waals surface area contributed by atoms with Gasteiger partial charge in [0.05, 0.1) is 0 Å². The molecule has 0 amide bonds. The predicted molar refractivity (Wildman–Crippen MR) is 62.7 cm³/mol. The lowest BCUT2D eigenvalue weighted by atomic mass is 10.0. The van der Waals surface area contributed by atoms with E-state index in [0.29, 0.717) is 0 Å². The van der Waals surface area contributed by atoms with Gasteiger partial charge in [-0.05, 0) is 40.5 Å². The first kappa shape index (κ1) is 12.0. The molecule has 1 fully saturated rings. The van der Waals surface area contributed by atoms with E-state index in [1.165, 1.54) is 38.6 Å². The molecule has 0 aromatic carbocycles. The lowest BCUT2D eigenvalue weighted by Crippen LogP contribution is -2.47. The summed E-state index contributed by atoms with van der Waals surface area (Å²) in [5.41, 5.74) is 0. The fourth-order valence-corrected chi connectivity index (χ4v) is 2.62. The van der Waals surface area contributed by atoms with Crippen LogP contribution in [0.15, 0.2) is 0 Å². The minimum absolute atomic E-state index is 0.766. The summed E-state index contributed by atoms with van der Waals surface area (Å²) >= 11 is 0. The average Bonchev–Trinajstić information content (AvgIpc) is 2.41. The van der Waals surface area contributed by atoms with Crippen LogP contribution in [0.5, 0.6) is 0 Å². The van der Waals surface area contributed by atoms with Gasteiger partial charge in [0.2, 0.25) is 0 Å². The van der Waals surface area contributed by atoms with Gasteiger partial charge in [-0.3, -0.25) is 0 Å². The molecule has 1 aliphatic carbocycles. The molecular formula is C12H26N2. The summed E-state index contributed by atoms with van der Waals surface area (Å²) in [6.07, 6.45) is 7.02. The fourth-order valence-electron chi connectivity index (χ4n) is 2.62. The molecule has 84 valence electrons. The van der Waals surface area contributed by atoms with Crippen LogP contribution in [0.3, 0.4) is 0 Å². The van der Waals surface area contributed by atoms with Gasteiger partial charge >= 0.3 is 0 Å².